The van der Waals surface area contributed by atoms with Gasteiger partial charge in [-0.1, -0.05) is 41.9 Å². The zero-order chi connectivity index (χ0) is 20.4. The normalized spacial score (nSPS) is 10.7. The van der Waals surface area contributed by atoms with Gasteiger partial charge in [0.1, 0.15) is 11.3 Å². The molecule has 1 heterocycles. The number of hydrogen-bond acceptors (Lipinski definition) is 4. The Bertz CT molecular complexity index is 1280. The standard InChI is InChI=1S/C23H16ClNO4/c1-28-17-7-4-6-15(11-17)22(26)25-16-9-10-18(20(24)13-16)19-12-14-5-2-3-8-21(14)29-23(19)27/h2-13H,1H3,(H,25,26). The summed E-state index contributed by atoms with van der Waals surface area (Å²) in [4.78, 5) is 24.9. The third-order valence-electron chi connectivity index (χ3n) is 4.49. The fraction of sp³-hybridized carbons (Fsp3) is 0.0435. The van der Waals surface area contributed by atoms with Gasteiger partial charge in [-0.25, -0.2) is 4.79 Å². The van der Waals surface area contributed by atoms with E-state index in [1.54, 1.807) is 67.8 Å². The van der Waals surface area contributed by atoms with Crippen LogP contribution in [0.15, 0.2) is 82.0 Å². The molecule has 1 N–H and O–H groups in total. The van der Waals surface area contributed by atoms with Crippen LogP contribution in [0.4, 0.5) is 5.69 Å². The monoisotopic (exact) mass is 405 g/mol. The maximum atomic E-state index is 12.5. The number of anilines is 1. The smallest absolute Gasteiger partial charge is 0.344 e. The number of carbonyl (C=O) groups excluding carboxylic acids is 1. The first-order valence-electron chi connectivity index (χ1n) is 8.83. The van der Waals surface area contributed by atoms with Crippen molar-refractivity contribution >= 4 is 34.2 Å². The molecule has 0 bridgehead atoms. The lowest BCUT2D eigenvalue weighted by atomic mass is 10.1. The van der Waals surface area contributed by atoms with Crippen molar-refractivity contribution < 1.29 is 13.9 Å². The summed E-state index contributed by atoms with van der Waals surface area (Å²) in [6, 6.07) is 20.8. The van der Waals surface area contributed by atoms with E-state index in [9.17, 15) is 9.59 Å². The molecule has 0 saturated carbocycles. The summed E-state index contributed by atoms with van der Waals surface area (Å²) < 4.78 is 10.5. The molecule has 6 heteroatoms. The van der Waals surface area contributed by atoms with Crippen molar-refractivity contribution in [2.24, 2.45) is 0 Å². The molecule has 4 rings (SSSR count). The van der Waals surface area contributed by atoms with Crippen LogP contribution in [0.2, 0.25) is 5.02 Å². The number of nitrogens with one attached hydrogen (secondary N) is 1. The summed E-state index contributed by atoms with van der Waals surface area (Å²) in [5.41, 5.74) is 1.90. The number of hydrogen-bond donors (Lipinski definition) is 1. The number of rotatable bonds is 4. The Labute approximate surface area is 171 Å². The van der Waals surface area contributed by atoms with Crippen molar-refractivity contribution in [2.45, 2.75) is 0 Å². The molecule has 0 saturated heterocycles. The molecule has 0 aliphatic carbocycles. The zero-order valence-electron chi connectivity index (χ0n) is 15.4. The van der Waals surface area contributed by atoms with Crippen molar-refractivity contribution in [3.8, 4) is 16.9 Å². The lowest BCUT2D eigenvalue weighted by molar-refractivity contribution is 0.102. The van der Waals surface area contributed by atoms with Crippen LogP contribution in [-0.2, 0) is 0 Å². The maximum Gasteiger partial charge on any atom is 0.344 e. The van der Waals surface area contributed by atoms with Crippen LogP contribution in [0.3, 0.4) is 0 Å². The van der Waals surface area contributed by atoms with Gasteiger partial charge in [-0.15, -0.1) is 0 Å². The highest BCUT2D eigenvalue weighted by atomic mass is 35.5. The molecule has 0 aliphatic rings. The molecule has 0 spiro atoms. The van der Waals surface area contributed by atoms with Gasteiger partial charge in [0.05, 0.1) is 17.7 Å². The Morgan fingerprint density at radius 3 is 2.59 bits per heavy atom. The van der Waals surface area contributed by atoms with E-state index in [0.29, 0.717) is 38.7 Å². The van der Waals surface area contributed by atoms with E-state index >= 15 is 0 Å². The van der Waals surface area contributed by atoms with Crippen molar-refractivity contribution in [1.29, 1.82) is 0 Å². The van der Waals surface area contributed by atoms with Gasteiger partial charge in [0, 0.05) is 22.2 Å². The van der Waals surface area contributed by atoms with Crippen molar-refractivity contribution in [3.63, 3.8) is 0 Å². The van der Waals surface area contributed by atoms with Crippen LogP contribution in [0.25, 0.3) is 22.1 Å². The summed E-state index contributed by atoms with van der Waals surface area (Å²) in [6.45, 7) is 0. The minimum absolute atomic E-state index is 0.294. The lowest BCUT2D eigenvalue weighted by Crippen LogP contribution is -2.12. The predicted octanol–water partition coefficient (Wildman–Crippen LogP) is 5.37. The van der Waals surface area contributed by atoms with E-state index in [-0.39, 0.29) is 5.91 Å². The van der Waals surface area contributed by atoms with Crippen LogP contribution in [0, 0.1) is 0 Å². The Balaban J connectivity index is 1.64. The van der Waals surface area contributed by atoms with Crippen LogP contribution < -0.4 is 15.7 Å². The summed E-state index contributed by atoms with van der Waals surface area (Å²) in [5.74, 6) is 0.298. The highest BCUT2D eigenvalue weighted by Gasteiger charge is 2.13. The van der Waals surface area contributed by atoms with Gasteiger partial charge in [-0.3, -0.25) is 4.79 Å². The average Bonchev–Trinajstić information content (AvgIpc) is 2.73. The highest BCUT2D eigenvalue weighted by Crippen LogP contribution is 2.30. The van der Waals surface area contributed by atoms with Gasteiger partial charge in [-0.05, 0) is 42.5 Å². The molecule has 4 aromatic rings. The molecule has 29 heavy (non-hydrogen) atoms. The third kappa shape index (κ3) is 3.86. The minimum atomic E-state index is -0.473. The topological polar surface area (TPSA) is 68.5 Å². The molecule has 3 aromatic carbocycles. The molecule has 1 aromatic heterocycles. The van der Waals surface area contributed by atoms with Gasteiger partial charge >= 0.3 is 5.63 Å². The van der Waals surface area contributed by atoms with Crippen molar-refractivity contribution in [2.75, 3.05) is 12.4 Å². The zero-order valence-corrected chi connectivity index (χ0v) is 16.2. The SMILES string of the molecule is COc1cccc(C(=O)Nc2ccc(-c3cc4ccccc4oc3=O)c(Cl)c2)c1. The Morgan fingerprint density at radius 2 is 1.79 bits per heavy atom. The molecule has 1 amide bonds. The lowest BCUT2D eigenvalue weighted by Gasteiger charge is -2.10. The van der Waals surface area contributed by atoms with Crippen LogP contribution in [0.1, 0.15) is 10.4 Å². The van der Waals surface area contributed by atoms with Crippen molar-refractivity contribution in [1.82, 2.24) is 0 Å². The molecule has 0 radical (unpaired) electrons. The van der Waals surface area contributed by atoms with Gasteiger partial charge in [0.25, 0.3) is 5.91 Å². The number of benzene rings is 3. The summed E-state index contributed by atoms with van der Waals surface area (Å²) in [6.07, 6.45) is 0. The van der Waals surface area contributed by atoms with Gasteiger partial charge in [0.15, 0.2) is 0 Å². The number of methoxy groups -OCH3 is 1. The van der Waals surface area contributed by atoms with E-state index in [4.69, 9.17) is 20.8 Å². The van der Waals surface area contributed by atoms with Crippen LogP contribution >= 0.6 is 11.6 Å². The molecule has 144 valence electrons. The quantitative estimate of drug-likeness (QED) is 0.463. The summed E-state index contributed by atoms with van der Waals surface area (Å²) >= 11 is 6.41. The first-order valence-corrected chi connectivity index (χ1v) is 9.21. The van der Waals surface area contributed by atoms with Gasteiger partial charge < -0.3 is 14.5 Å². The molecule has 0 fully saturated rings. The van der Waals surface area contributed by atoms with E-state index in [1.165, 1.54) is 0 Å². The average molecular weight is 406 g/mol. The van der Waals surface area contributed by atoms with Crippen LogP contribution in [-0.4, -0.2) is 13.0 Å². The molecular weight excluding hydrogens is 390 g/mol. The maximum absolute atomic E-state index is 12.5. The predicted molar refractivity (Wildman–Crippen MR) is 114 cm³/mol. The highest BCUT2D eigenvalue weighted by molar-refractivity contribution is 6.33. The molecule has 0 atom stereocenters. The van der Waals surface area contributed by atoms with E-state index < -0.39 is 5.63 Å². The van der Waals surface area contributed by atoms with Crippen molar-refractivity contribution in [3.05, 3.63) is 93.8 Å². The number of halogens is 1. The molecule has 0 unspecified atom stereocenters. The summed E-state index contributed by atoms with van der Waals surface area (Å²) in [5, 5.41) is 3.92. The van der Waals surface area contributed by atoms with Gasteiger partial charge in [0.2, 0.25) is 0 Å². The van der Waals surface area contributed by atoms with E-state index in [0.717, 1.165) is 5.39 Å². The number of para-hydroxylation sites is 1. The first-order chi connectivity index (χ1) is 14.0. The number of ether oxygens (including phenoxy) is 1. The van der Waals surface area contributed by atoms with Gasteiger partial charge in [-0.2, -0.15) is 0 Å². The molecule has 0 aliphatic heterocycles. The molecular formula is C23H16ClNO4. The third-order valence-corrected chi connectivity index (χ3v) is 4.80. The number of carbonyl (C=O) groups is 1. The Kier molecular flexibility index (Phi) is 5.06. The second kappa shape index (κ2) is 7.81. The number of amides is 1. The second-order valence-electron chi connectivity index (χ2n) is 6.37. The second-order valence-corrected chi connectivity index (χ2v) is 6.77. The first kappa shape index (κ1) is 18.8. The van der Waals surface area contributed by atoms with E-state index in [1.807, 2.05) is 12.1 Å². The molecule has 5 nitrogen and oxygen atoms in total. The Morgan fingerprint density at radius 1 is 0.966 bits per heavy atom. The fourth-order valence-electron chi connectivity index (χ4n) is 3.03. The largest absolute Gasteiger partial charge is 0.497 e. The van der Waals surface area contributed by atoms with Crippen LogP contribution in [0.5, 0.6) is 5.75 Å². The minimum Gasteiger partial charge on any atom is -0.497 e. The Hall–Kier alpha value is -3.57. The van der Waals surface area contributed by atoms with E-state index in [2.05, 4.69) is 5.32 Å². The summed E-state index contributed by atoms with van der Waals surface area (Å²) in [7, 11) is 1.54. The number of fused-ring (bicyclic) bond motifs is 1. The fourth-order valence-corrected chi connectivity index (χ4v) is 3.31.